The Bertz CT molecular complexity index is 223. The topological polar surface area (TPSA) is 21.3 Å². The second-order valence-corrected chi connectivity index (χ2v) is 5.99. The van der Waals surface area contributed by atoms with E-state index in [0.717, 1.165) is 30.5 Å². The monoisotopic (exact) mass is 223 g/mol. The van der Waals surface area contributed by atoms with Crippen LogP contribution in [0.4, 0.5) is 0 Å². The lowest BCUT2D eigenvalue weighted by Crippen LogP contribution is -2.45. The first kappa shape index (κ1) is 11.0. The molecule has 3 aliphatic rings. The summed E-state index contributed by atoms with van der Waals surface area (Å²) in [4.78, 5) is 0. The second-order valence-electron chi connectivity index (χ2n) is 5.99. The van der Waals surface area contributed by atoms with E-state index in [-0.39, 0.29) is 0 Å². The van der Waals surface area contributed by atoms with Crippen LogP contribution in [0.25, 0.3) is 0 Å². The highest BCUT2D eigenvalue weighted by atomic mass is 16.5. The maximum atomic E-state index is 5.75. The Balaban J connectivity index is 1.51. The minimum Gasteiger partial charge on any atom is -0.378 e. The summed E-state index contributed by atoms with van der Waals surface area (Å²) in [6.07, 6.45) is 10.1. The van der Waals surface area contributed by atoms with Crippen molar-refractivity contribution in [3.8, 4) is 0 Å². The average Bonchev–Trinajstić information content (AvgIpc) is 3.18. The van der Waals surface area contributed by atoms with Gasteiger partial charge in [-0.3, -0.25) is 0 Å². The zero-order chi connectivity index (χ0) is 11.0. The molecular formula is C14H25NO. The molecule has 2 aliphatic carbocycles. The highest BCUT2D eigenvalue weighted by Gasteiger charge is 2.42. The van der Waals surface area contributed by atoms with E-state index >= 15 is 0 Å². The van der Waals surface area contributed by atoms with Crippen LogP contribution in [0.2, 0.25) is 0 Å². The van der Waals surface area contributed by atoms with Crippen molar-refractivity contribution in [3.05, 3.63) is 0 Å². The molecule has 0 spiro atoms. The normalized spacial score (nSPS) is 35.6. The van der Waals surface area contributed by atoms with Gasteiger partial charge in [-0.2, -0.15) is 0 Å². The Morgan fingerprint density at radius 1 is 1.12 bits per heavy atom. The number of rotatable bonds is 5. The van der Waals surface area contributed by atoms with Gasteiger partial charge in [0.15, 0.2) is 0 Å². The predicted molar refractivity (Wildman–Crippen MR) is 65.4 cm³/mol. The molecule has 2 saturated carbocycles. The maximum Gasteiger partial charge on any atom is 0.0587 e. The molecule has 3 rings (SSSR count). The molecule has 2 atom stereocenters. The van der Waals surface area contributed by atoms with Gasteiger partial charge in [-0.15, -0.1) is 0 Å². The Labute approximate surface area is 99.1 Å². The van der Waals surface area contributed by atoms with Crippen molar-refractivity contribution in [3.63, 3.8) is 0 Å². The van der Waals surface area contributed by atoms with Crippen LogP contribution < -0.4 is 5.32 Å². The Kier molecular flexibility index (Phi) is 3.21. The van der Waals surface area contributed by atoms with Gasteiger partial charge in [-0.25, -0.2) is 0 Å². The van der Waals surface area contributed by atoms with Gasteiger partial charge in [0, 0.05) is 18.7 Å². The van der Waals surface area contributed by atoms with E-state index in [9.17, 15) is 0 Å². The number of nitrogens with one attached hydrogen (secondary N) is 1. The minimum atomic E-state index is 0.519. The molecule has 2 unspecified atom stereocenters. The molecule has 92 valence electrons. The fourth-order valence-corrected chi connectivity index (χ4v) is 3.16. The molecule has 2 heteroatoms. The first-order chi connectivity index (χ1) is 7.86. The van der Waals surface area contributed by atoms with Crippen molar-refractivity contribution in [2.24, 2.45) is 11.8 Å². The van der Waals surface area contributed by atoms with E-state index < -0.39 is 0 Å². The third-order valence-corrected chi connectivity index (χ3v) is 4.51. The summed E-state index contributed by atoms with van der Waals surface area (Å²) in [6, 6.07) is 1.60. The van der Waals surface area contributed by atoms with Crippen LogP contribution in [0.3, 0.4) is 0 Å². The molecule has 16 heavy (non-hydrogen) atoms. The summed E-state index contributed by atoms with van der Waals surface area (Å²) in [5, 5.41) is 3.96. The van der Waals surface area contributed by atoms with Crippen LogP contribution in [-0.2, 0) is 4.74 Å². The standard InChI is InChI=1S/C14H25NO/c1-2-13-9-12(7-8-16-13)15-14(10-3-4-10)11-5-6-11/h10-15H,2-9H2,1H3. The summed E-state index contributed by atoms with van der Waals surface area (Å²) >= 11 is 0. The van der Waals surface area contributed by atoms with E-state index in [1.807, 2.05) is 0 Å². The van der Waals surface area contributed by atoms with E-state index in [1.165, 1.54) is 44.9 Å². The first-order valence-corrected chi connectivity index (χ1v) is 7.24. The van der Waals surface area contributed by atoms with Crippen LogP contribution in [-0.4, -0.2) is 24.8 Å². The van der Waals surface area contributed by atoms with E-state index in [0.29, 0.717) is 6.10 Å². The Hall–Kier alpha value is -0.0800. The molecule has 0 radical (unpaired) electrons. The smallest absolute Gasteiger partial charge is 0.0587 e. The van der Waals surface area contributed by atoms with Crippen molar-refractivity contribution >= 4 is 0 Å². The van der Waals surface area contributed by atoms with Crippen LogP contribution in [0.15, 0.2) is 0 Å². The summed E-state index contributed by atoms with van der Waals surface area (Å²) < 4.78 is 5.75. The van der Waals surface area contributed by atoms with Crippen LogP contribution in [0, 0.1) is 11.8 Å². The molecule has 1 aliphatic heterocycles. The molecule has 0 amide bonds. The molecule has 1 heterocycles. The highest BCUT2D eigenvalue weighted by molar-refractivity contribution is 4.98. The molecule has 0 aromatic rings. The quantitative estimate of drug-likeness (QED) is 0.774. The summed E-state index contributed by atoms with van der Waals surface area (Å²) in [6.45, 7) is 3.21. The lowest BCUT2D eigenvalue weighted by Gasteiger charge is -2.33. The zero-order valence-electron chi connectivity index (χ0n) is 10.5. The summed E-state index contributed by atoms with van der Waals surface area (Å²) in [5.74, 6) is 2.05. The van der Waals surface area contributed by atoms with E-state index in [1.54, 1.807) is 0 Å². The lowest BCUT2D eigenvalue weighted by atomic mass is 9.98. The molecule has 3 fully saturated rings. The van der Waals surface area contributed by atoms with Crippen molar-refractivity contribution in [2.45, 2.75) is 70.1 Å². The lowest BCUT2D eigenvalue weighted by molar-refractivity contribution is -0.00294. The van der Waals surface area contributed by atoms with E-state index in [2.05, 4.69) is 12.2 Å². The minimum absolute atomic E-state index is 0.519. The van der Waals surface area contributed by atoms with Crippen molar-refractivity contribution in [1.29, 1.82) is 0 Å². The number of hydrogen-bond donors (Lipinski definition) is 1. The fourth-order valence-electron chi connectivity index (χ4n) is 3.16. The van der Waals surface area contributed by atoms with Gasteiger partial charge in [0.25, 0.3) is 0 Å². The molecular weight excluding hydrogens is 198 g/mol. The van der Waals surface area contributed by atoms with Gasteiger partial charge < -0.3 is 10.1 Å². The van der Waals surface area contributed by atoms with Crippen molar-refractivity contribution < 1.29 is 4.74 Å². The molecule has 0 aromatic heterocycles. The highest BCUT2D eigenvalue weighted by Crippen LogP contribution is 2.45. The third kappa shape index (κ3) is 2.60. The van der Waals surface area contributed by atoms with Crippen LogP contribution >= 0.6 is 0 Å². The molecule has 1 saturated heterocycles. The molecule has 1 N–H and O–H groups in total. The van der Waals surface area contributed by atoms with Crippen LogP contribution in [0.5, 0.6) is 0 Å². The van der Waals surface area contributed by atoms with Gasteiger partial charge in [-0.1, -0.05) is 6.92 Å². The van der Waals surface area contributed by atoms with Crippen LogP contribution in [0.1, 0.15) is 51.9 Å². The largest absolute Gasteiger partial charge is 0.378 e. The van der Waals surface area contributed by atoms with Crippen molar-refractivity contribution in [1.82, 2.24) is 5.32 Å². The second kappa shape index (κ2) is 4.66. The molecule has 0 aromatic carbocycles. The number of ether oxygens (including phenoxy) is 1. The first-order valence-electron chi connectivity index (χ1n) is 7.24. The van der Waals surface area contributed by atoms with Gasteiger partial charge in [0.2, 0.25) is 0 Å². The Morgan fingerprint density at radius 2 is 1.81 bits per heavy atom. The van der Waals surface area contributed by atoms with Crippen molar-refractivity contribution in [2.75, 3.05) is 6.61 Å². The fraction of sp³-hybridized carbons (Fsp3) is 1.00. The maximum absolute atomic E-state index is 5.75. The third-order valence-electron chi connectivity index (χ3n) is 4.51. The predicted octanol–water partition coefficient (Wildman–Crippen LogP) is 2.72. The summed E-state index contributed by atoms with van der Waals surface area (Å²) in [7, 11) is 0. The molecule has 0 bridgehead atoms. The molecule has 2 nitrogen and oxygen atoms in total. The zero-order valence-corrected chi connectivity index (χ0v) is 10.5. The summed E-state index contributed by atoms with van der Waals surface area (Å²) in [5.41, 5.74) is 0. The average molecular weight is 223 g/mol. The van der Waals surface area contributed by atoms with E-state index in [4.69, 9.17) is 4.74 Å². The van der Waals surface area contributed by atoms with Gasteiger partial charge >= 0.3 is 0 Å². The SMILES string of the molecule is CCC1CC(NC(C2CC2)C2CC2)CCO1. The number of hydrogen-bond acceptors (Lipinski definition) is 2. The van der Waals surface area contributed by atoms with Gasteiger partial charge in [0.1, 0.15) is 0 Å². The Morgan fingerprint density at radius 3 is 2.38 bits per heavy atom. The van der Waals surface area contributed by atoms with Gasteiger partial charge in [-0.05, 0) is 56.8 Å². The van der Waals surface area contributed by atoms with Gasteiger partial charge in [0.05, 0.1) is 6.10 Å².